The summed E-state index contributed by atoms with van der Waals surface area (Å²) in [7, 11) is -3.29. The molecule has 8 heteroatoms. The fourth-order valence-corrected chi connectivity index (χ4v) is 7.32. The Balaban J connectivity index is 1.62. The van der Waals surface area contributed by atoms with E-state index in [1.165, 1.54) is 19.1 Å². The van der Waals surface area contributed by atoms with Crippen LogP contribution >= 0.6 is 0 Å². The number of hydrogen-bond acceptors (Lipinski definition) is 5. The molecule has 0 aromatic heterocycles. The van der Waals surface area contributed by atoms with Crippen molar-refractivity contribution in [2.45, 2.75) is 71.4 Å². The average molecular weight is 444 g/mol. The van der Waals surface area contributed by atoms with Crippen LogP contribution in [-0.4, -0.2) is 68.9 Å². The predicted molar refractivity (Wildman–Crippen MR) is 118 cm³/mol. The zero-order valence-electron chi connectivity index (χ0n) is 19.1. The van der Waals surface area contributed by atoms with E-state index in [9.17, 15) is 18.3 Å². The van der Waals surface area contributed by atoms with Gasteiger partial charge < -0.3 is 15.3 Å². The molecule has 0 bridgehead atoms. The monoisotopic (exact) mass is 443 g/mol. The van der Waals surface area contributed by atoms with Gasteiger partial charge in [0.25, 0.3) is 0 Å². The average Bonchev–Trinajstić information content (AvgIpc) is 3.16. The number of amides is 1. The molecule has 3 rings (SSSR count). The molecule has 3 fully saturated rings. The minimum atomic E-state index is -3.29. The molecule has 0 aromatic carbocycles. The van der Waals surface area contributed by atoms with Crippen LogP contribution in [0.25, 0.3) is 0 Å². The number of nitrogens with one attached hydrogen (secondary N) is 2. The number of aliphatic hydroxyl groups is 1. The molecule has 0 spiro atoms. The van der Waals surface area contributed by atoms with E-state index in [1.807, 2.05) is 6.92 Å². The standard InChI is InChI=1S/C22H41N3O4S/c1-15(21(27)23-11-14-25-12-5-6-13-25)17-7-9-22(3)10-8-18(24-30(4,28)29)16(2)19(22)20(17)26/h15-20,24,26H,5-14H2,1-4H3,(H,23,27)/t15-,16+,17+,18-,19+,20-,22-/m0/s1. The fourth-order valence-electron chi connectivity index (χ4n) is 6.43. The molecule has 2 saturated carbocycles. The minimum Gasteiger partial charge on any atom is -0.392 e. The summed E-state index contributed by atoms with van der Waals surface area (Å²) in [5, 5.41) is 14.4. The number of carbonyl (C=O) groups is 1. The molecule has 1 heterocycles. The van der Waals surface area contributed by atoms with E-state index in [2.05, 4.69) is 28.8 Å². The highest BCUT2D eigenvalue weighted by Crippen LogP contribution is 2.55. The Morgan fingerprint density at radius 2 is 1.87 bits per heavy atom. The van der Waals surface area contributed by atoms with Gasteiger partial charge in [0.05, 0.1) is 12.4 Å². The van der Waals surface area contributed by atoms with Crippen molar-refractivity contribution in [1.29, 1.82) is 0 Å². The second kappa shape index (κ2) is 9.43. The van der Waals surface area contributed by atoms with Crippen LogP contribution in [0.2, 0.25) is 0 Å². The number of carbonyl (C=O) groups excluding carboxylic acids is 1. The highest BCUT2D eigenvalue weighted by molar-refractivity contribution is 7.88. The van der Waals surface area contributed by atoms with Gasteiger partial charge in [0.15, 0.2) is 0 Å². The first-order valence-corrected chi connectivity index (χ1v) is 13.6. The van der Waals surface area contributed by atoms with Gasteiger partial charge in [-0.25, -0.2) is 13.1 Å². The molecule has 3 aliphatic rings. The van der Waals surface area contributed by atoms with E-state index in [1.54, 1.807) is 0 Å². The third-order valence-electron chi connectivity index (χ3n) is 8.23. The van der Waals surface area contributed by atoms with Crippen LogP contribution in [0, 0.1) is 29.1 Å². The number of fused-ring (bicyclic) bond motifs is 1. The maximum atomic E-state index is 12.8. The normalized spacial score (nSPS) is 38.8. The van der Waals surface area contributed by atoms with Crippen molar-refractivity contribution in [3.63, 3.8) is 0 Å². The van der Waals surface area contributed by atoms with Crippen LogP contribution in [-0.2, 0) is 14.8 Å². The molecular weight excluding hydrogens is 402 g/mol. The van der Waals surface area contributed by atoms with Gasteiger partial charge in [0, 0.05) is 25.0 Å². The zero-order chi connectivity index (χ0) is 22.1. The van der Waals surface area contributed by atoms with Gasteiger partial charge in [-0.15, -0.1) is 0 Å². The topological polar surface area (TPSA) is 98.7 Å². The molecule has 0 unspecified atom stereocenters. The maximum Gasteiger partial charge on any atom is 0.223 e. The molecular formula is C22H41N3O4S. The lowest BCUT2D eigenvalue weighted by Crippen LogP contribution is -2.58. The van der Waals surface area contributed by atoms with Crippen molar-refractivity contribution in [3.8, 4) is 0 Å². The van der Waals surface area contributed by atoms with Crippen LogP contribution in [0.3, 0.4) is 0 Å². The zero-order valence-corrected chi connectivity index (χ0v) is 19.9. The summed E-state index contributed by atoms with van der Waals surface area (Å²) in [6, 6.07) is -0.156. The third-order valence-corrected chi connectivity index (χ3v) is 8.97. The molecule has 30 heavy (non-hydrogen) atoms. The van der Waals surface area contributed by atoms with Gasteiger partial charge in [0.2, 0.25) is 15.9 Å². The van der Waals surface area contributed by atoms with Crippen molar-refractivity contribution in [2.24, 2.45) is 29.1 Å². The molecule has 3 N–H and O–H groups in total. The molecule has 2 aliphatic carbocycles. The van der Waals surface area contributed by atoms with Gasteiger partial charge in [-0.1, -0.05) is 20.8 Å². The molecule has 1 aliphatic heterocycles. The summed E-state index contributed by atoms with van der Waals surface area (Å²) in [6.45, 7) is 10.00. The Bertz CT molecular complexity index is 709. The minimum absolute atomic E-state index is 0.00301. The second-order valence-corrected chi connectivity index (χ2v) is 12.2. The van der Waals surface area contributed by atoms with Gasteiger partial charge in [0.1, 0.15) is 0 Å². The first-order valence-electron chi connectivity index (χ1n) is 11.7. The van der Waals surface area contributed by atoms with Crippen molar-refractivity contribution in [2.75, 3.05) is 32.4 Å². The van der Waals surface area contributed by atoms with Gasteiger partial charge >= 0.3 is 0 Å². The summed E-state index contributed by atoms with van der Waals surface area (Å²) >= 11 is 0. The van der Waals surface area contributed by atoms with Crippen molar-refractivity contribution in [1.82, 2.24) is 14.9 Å². The van der Waals surface area contributed by atoms with Gasteiger partial charge in [-0.05, 0) is 74.8 Å². The molecule has 7 atom stereocenters. The summed E-state index contributed by atoms with van der Waals surface area (Å²) < 4.78 is 26.4. The van der Waals surface area contributed by atoms with Crippen LogP contribution in [0.4, 0.5) is 0 Å². The van der Waals surface area contributed by atoms with E-state index < -0.39 is 16.1 Å². The van der Waals surface area contributed by atoms with E-state index in [0.717, 1.165) is 45.3 Å². The Labute approximate surface area is 182 Å². The van der Waals surface area contributed by atoms with Gasteiger partial charge in [-0.2, -0.15) is 0 Å². The largest absolute Gasteiger partial charge is 0.392 e. The fraction of sp³-hybridized carbons (Fsp3) is 0.955. The van der Waals surface area contributed by atoms with Crippen LogP contribution in [0.5, 0.6) is 0 Å². The predicted octanol–water partition coefficient (Wildman–Crippen LogP) is 1.58. The van der Waals surface area contributed by atoms with Gasteiger partial charge in [-0.3, -0.25) is 4.79 Å². The smallest absolute Gasteiger partial charge is 0.223 e. The highest BCUT2D eigenvalue weighted by Gasteiger charge is 2.53. The molecule has 174 valence electrons. The Morgan fingerprint density at radius 3 is 2.50 bits per heavy atom. The molecule has 1 amide bonds. The third kappa shape index (κ3) is 5.37. The lowest BCUT2D eigenvalue weighted by molar-refractivity contribution is -0.141. The highest BCUT2D eigenvalue weighted by atomic mass is 32.2. The molecule has 0 radical (unpaired) electrons. The number of aliphatic hydroxyl groups excluding tert-OH is 1. The lowest BCUT2D eigenvalue weighted by atomic mass is 9.52. The van der Waals surface area contributed by atoms with Crippen LogP contribution in [0.15, 0.2) is 0 Å². The van der Waals surface area contributed by atoms with E-state index >= 15 is 0 Å². The van der Waals surface area contributed by atoms with Crippen LogP contribution in [0.1, 0.15) is 59.3 Å². The summed E-state index contributed by atoms with van der Waals surface area (Å²) in [4.78, 5) is 15.2. The second-order valence-electron chi connectivity index (χ2n) is 10.4. The number of rotatable bonds is 7. The number of nitrogens with zero attached hydrogens (tertiary/aromatic N) is 1. The summed E-state index contributed by atoms with van der Waals surface area (Å²) in [5.41, 5.74) is -0.00301. The number of likely N-dealkylation sites (tertiary alicyclic amines) is 1. The molecule has 0 aromatic rings. The first-order chi connectivity index (χ1) is 14.0. The summed E-state index contributed by atoms with van der Waals surface area (Å²) in [5.74, 6) is -0.296. The van der Waals surface area contributed by atoms with E-state index in [0.29, 0.717) is 6.54 Å². The van der Waals surface area contributed by atoms with Crippen molar-refractivity contribution in [3.05, 3.63) is 0 Å². The quantitative estimate of drug-likeness (QED) is 0.555. The Kier molecular flexibility index (Phi) is 7.53. The van der Waals surface area contributed by atoms with E-state index in [4.69, 9.17) is 0 Å². The SMILES string of the molecule is C[C@H]1[C@@H]2[C@@H](O)[C@@H]([C@H](C)C(=O)NCCN3CCCC3)CC[C@@]2(C)CC[C@@H]1NS(C)(=O)=O. The first kappa shape index (κ1) is 24.0. The Hall–Kier alpha value is -0.700. The lowest BCUT2D eigenvalue weighted by Gasteiger charge is -2.56. The van der Waals surface area contributed by atoms with Crippen LogP contribution < -0.4 is 10.0 Å². The molecule has 1 saturated heterocycles. The van der Waals surface area contributed by atoms with E-state index in [-0.39, 0.29) is 41.0 Å². The maximum absolute atomic E-state index is 12.8. The number of hydrogen-bond donors (Lipinski definition) is 3. The number of sulfonamides is 1. The van der Waals surface area contributed by atoms with Crippen molar-refractivity contribution < 1.29 is 18.3 Å². The Morgan fingerprint density at radius 1 is 1.23 bits per heavy atom. The molecule has 7 nitrogen and oxygen atoms in total. The van der Waals surface area contributed by atoms with Crippen molar-refractivity contribution >= 4 is 15.9 Å². The summed E-state index contributed by atoms with van der Waals surface area (Å²) in [6.07, 6.45) is 6.59.